The second kappa shape index (κ2) is 8.96. The van der Waals surface area contributed by atoms with Crippen LogP contribution in [0.2, 0.25) is 0 Å². The van der Waals surface area contributed by atoms with E-state index in [-0.39, 0.29) is 22.1 Å². The number of carbonyl (C=O) groups is 1. The Balaban J connectivity index is 1.90. The van der Waals surface area contributed by atoms with Gasteiger partial charge in [-0.1, -0.05) is 24.3 Å². The molecule has 0 bridgehead atoms. The van der Waals surface area contributed by atoms with Crippen molar-refractivity contribution in [2.24, 2.45) is 0 Å². The number of rotatable bonds is 7. The number of sulfonamides is 1. The maximum Gasteiger partial charge on any atom is 0.480 e. The number of ketones is 1. The summed E-state index contributed by atoms with van der Waals surface area (Å²) in [4.78, 5) is 12.8. The fourth-order valence-corrected chi connectivity index (χ4v) is 7.21. The molecule has 1 aliphatic heterocycles. The Kier molecular flexibility index (Phi) is 6.89. The molecule has 0 saturated carbocycles. The van der Waals surface area contributed by atoms with E-state index < -0.39 is 31.6 Å². The van der Waals surface area contributed by atoms with Crippen LogP contribution in [0.1, 0.15) is 29.6 Å². The molecule has 31 heavy (non-hydrogen) atoms. The van der Waals surface area contributed by atoms with Gasteiger partial charge < -0.3 is 8.31 Å². The predicted octanol–water partition coefficient (Wildman–Crippen LogP) is 3.67. The molecule has 170 valence electrons. The van der Waals surface area contributed by atoms with Gasteiger partial charge in [-0.25, -0.2) is 16.8 Å². The van der Waals surface area contributed by atoms with Gasteiger partial charge in [-0.3, -0.25) is 4.79 Å². The smallest absolute Gasteiger partial charge is 0.394 e. The first kappa shape index (κ1) is 23.8. The average molecular weight is 498 g/mol. The SMILES string of the molecule is O=C(C[S+]1CCCCC1)c1ccc(OS(=O)(=O)[N-]S(=O)(=O)C(F)(F)F)c2ccccc12. The van der Waals surface area contributed by atoms with Crippen LogP contribution in [-0.2, 0) is 31.2 Å². The van der Waals surface area contributed by atoms with E-state index in [1.165, 1.54) is 18.2 Å². The van der Waals surface area contributed by atoms with Crippen molar-refractivity contribution >= 4 is 47.8 Å². The number of carbonyl (C=O) groups excluding carboxylic acids is 1. The highest BCUT2D eigenvalue weighted by Gasteiger charge is 2.41. The summed E-state index contributed by atoms with van der Waals surface area (Å²) in [5, 5.41) is 0.475. The van der Waals surface area contributed by atoms with Gasteiger partial charge in [-0.2, -0.15) is 13.2 Å². The Morgan fingerprint density at radius 3 is 2.19 bits per heavy atom. The number of benzene rings is 2. The largest absolute Gasteiger partial charge is 0.480 e. The van der Waals surface area contributed by atoms with E-state index in [4.69, 9.17) is 0 Å². The Hall–Kier alpha value is -1.83. The number of halogens is 3. The Morgan fingerprint density at radius 2 is 1.58 bits per heavy atom. The van der Waals surface area contributed by atoms with Crippen LogP contribution in [0.3, 0.4) is 0 Å². The van der Waals surface area contributed by atoms with Crippen molar-refractivity contribution in [1.29, 1.82) is 0 Å². The van der Waals surface area contributed by atoms with Crippen LogP contribution in [0.5, 0.6) is 5.75 Å². The summed E-state index contributed by atoms with van der Waals surface area (Å²) in [6, 6.07) is 8.52. The van der Waals surface area contributed by atoms with Crippen molar-refractivity contribution in [3.63, 3.8) is 0 Å². The van der Waals surface area contributed by atoms with Gasteiger partial charge in [0.2, 0.25) is 16.1 Å². The average Bonchev–Trinajstić information content (AvgIpc) is 2.67. The summed E-state index contributed by atoms with van der Waals surface area (Å²) >= 11 is 0. The second-order valence-electron chi connectivity index (χ2n) is 6.81. The number of hydrogen-bond donors (Lipinski definition) is 0. The lowest BCUT2D eigenvalue weighted by atomic mass is 10.0. The maximum atomic E-state index is 12.8. The van der Waals surface area contributed by atoms with Crippen LogP contribution >= 0.6 is 0 Å². The van der Waals surface area contributed by atoms with Gasteiger partial charge in [-0.05, 0) is 47.7 Å². The predicted molar refractivity (Wildman–Crippen MR) is 112 cm³/mol. The molecule has 1 heterocycles. The van der Waals surface area contributed by atoms with E-state index in [0.717, 1.165) is 36.8 Å². The Morgan fingerprint density at radius 1 is 0.968 bits per heavy atom. The molecular formula is C18H18F3NO6S3. The summed E-state index contributed by atoms with van der Waals surface area (Å²) in [6.45, 7) is 0. The molecule has 7 nitrogen and oxygen atoms in total. The van der Waals surface area contributed by atoms with Gasteiger partial charge in [0.05, 0.1) is 0 Å². The quantitative estimate of drug-likeness (QED) is 0.427. The molecule has 2 aromatic carbocycles. The van der Waals surface area contributed by atoms with Crippen molar-refractivity contribution in [1.82, 2.24) is 0 Å². The third-order valence-corrected chi connectivity index (χ3v) is 9.46. The summed E-state index contributed by atoms with van der Waals surface area (Å²) in [7, 11) is -11.8. The molecule has 0 spiro atoms. The van der Waals surface area contributed by atoms with Gasteiger partial charge in [-0.15, -0.1) is 0 Å². The highest BCUT2D eigenvalue weighted by atomic mass is 32.3. The molecule has 1 fully saturated rings. The fraction of sp³-hybridized carbons (Fsp3) is 0.389. The van der Waals surface area contributed by atoms with Crippen molar-refractivity contribution in [2.45, 2.75) is 24.8 Å². The van der Waals surface area contributed by atoms with Crippen LogP contribution in [0.15, 0.2) is 36.4 Å². The highest BCUT2D eigenvalue weighted by Crippen LogP contribution is 2.34. The normalized spacial score (nSPS) is 16.4. The molecule has 1 aliphatic rings. The molecule has 0 aromatic heterocycles. The molecule has 0 radical (unpaired) electrons. The minimum Gasteiger partial charge on any atom is -0.394 e. The van der Waals surface area contributed by atoms with E-state index in [2.05, 4.69) is 4.18 Å². The van der Waals surface area contributed by atoms with Crippen LogP contribution in [0.25, 0.3) is 14.9 Å². The Labute approximate surface area is 180 Å². The monoisotopic (exact) mass is 497 g/mol. The van der Waals surface area contributed by atoms with Crippen molar-refractivity contribution < 1.29 is 39.0 Å². The molecule has 2 aromatic rings. The van der Waals surface area contributed by atoms with Gasteiger partial charge in [0, 0.05) is 10.9 Å². The molecule has 3 rings (SSSR count). The zero-order valence-electron chi connectivity index (χ0n) is 16.0. The first-order chi connectivity index (χ1) is 14.4. The topological polar surface area (TPSA) is 109 Å². The number of Topliss-reactive ketones (excluding diaryl/α,β-unsaturated/α-hetero) is 1. The lowest BCUT2D eigenvalue weighted by molar-refractivity contribution is -0.0425. The number of fused-ring (bicyclic) bond motifs is 1. The fourth-order valence-electron chi connectivity index (χ4n) is 3.18. The minimum atomic E-state index is -6.31. The lowest BCUT2D eigenvalue weighted by Gasteiger charge is -2.22. The first-order valence-electron chi connectivity index (χ1n) is 9.09. The standard InChI is InChI=1S/C18H18F3NO6S3/c19-18(20,21)30(24,25)22-31(26,27)28-17-9-8-14(13-6-2-3-7-15(13)17)16(23)12-29-10-4-1-5-11-29/h2-3,6-9H,1,4-5,10-12H2. The molecule has 0 unspecified atom stereocenters. The zero-order chi connectivity index (χ0) is 22.9. The lowest BCUT2D eigenvalue weighted by Crippen LogP contribution is -2.26. The Bertz CT molecular complexity index is 1190. The van der Waals surface area contributed by atoms with E-state index >= 15 is 0 Å². The minimum absolute atomic E-state index is 0.0243. The van der Waals surface area contributed by atoms with Crippen LogP contribution in [-0.4, -0.2) is 45.4 Å². The number of nitrogens with zero attached hydrogens (tertiary/aromatic N) is 1. The van der Waals surface area contributed by atoms with Gasteiger partial charge in [0.1, 0.15) is 17.3 Å². The summed E-state index contributed by atoms with van der Waals surface area (Å²) in [6.07, 6.45) is 3.30. The van der Waals surface area contributed by atoms with Crippen LogP contribution in [0.4, 0.5) is 13.2 Å². The van der Waals surface area contributed by atoms with Crippen molar-refractivity contribution in [2.75, 3.05) is 17.3 Å². The van der Waals surface area contributed by atoms with E-state index in [1.807, 2.05) is 4.13 Å². The van der Waals surface area contributed by atoms with Gasteiger partial charge in [0.15, 0.2) is 15.8 Å². The molecule has 1 saturated heterocycles. The van der Waals surface area contributed by atoms with E-state index in [0.29, 0.717) is 16.7 Å². The third-order valence-electron chi connectivity index (χ3n) is 4.56. The van der Waals surface area contributed by atoms with E-state index in [9.17, 15) is 34.8 Å². The summed E-state index contributed by atoms with van der Waals surface area (Å²) in [5.74, 6) is 1.77. The van der Waals surface area contributed by atoms with Crippen molar-refractivity contribution in [3.05, 3.63) is 46.1 Å². The zero-order valence-corrected chi connectivity index (χ0v) is 18.4. The first-order valence-corrected chi connectivity index (χ1v) is 13.6. The molecule has 0 N–H and O–H groups in total. The molecule has 0 amide bonds. The summed E-state index contributed by atoms with van der Waals surface area (Å²) in [5.41, 5.74) is -5.56. The van der Waals surface area contributed by atoms with Crippen LogP contribution < -0.4 is 4.18 Å². The molecular weight excluding hydrogens is 479 g/mol. The van der Waals surface area contributed by atoms with Gasteiger partial charge in [0.25, 0.3) is 0 Å². The number of hydrogen-bond acceptors (Lipinski definition) is 6. The second-order valence-corrected chi connectivity index (χ2v) is 12.2. The third kappa shape index (κ3) is 5.70. The van der Waals surface area contributed by atoms with Crippen molar-refractivity contribution in [3.8, 4) is 5.75 Å². The molecule has 13 heteroatoms. The van der Waals surface area contributed by atoms with E-state index in [1.54, 1.807) is 12.1 Å². The maximum absolute atomic E-state index is 12.8. The molecule has 0 atom stereocenters. The number of alkyl halides is 3. The van der Waals surface area contributed by atoms with Crippen LogP contribution in [0, 0.1) is 0 Å². The highest BCUT2D eigenvalue weighted by molar-refractivity contribution is 8.10. The van der Waals surface area contributed by atoms with Gasteiger partial charge >= 0.3 is 5.51 Å². The molecule has 0 aliphatic carbocycles. The summed E-state index contributed by atoms with van der Waals surface area (Å²) < 4.78 is 89.6.